The zero-order valence-electron chi connectivity index (χ0n) is 16.5. The number of rotatable bonds is 6. The maximum atomic E-state index is 13.9. The van der Waals surface area contributed by atoms with Crippen molar-refractivity contribution in [2.45, 2.75) is 13.2 Å². The van der Waals surface area contributed by atoms with Crippen molar-refractivity contribution in [1.82, 2.24) is 15.0 Å². The quantitative estimate of drug-likeness (QED) is 0.435. The molecule has 162 valence electrons. The smallest absolute Gasteiger partial charge is 0.297 e. The minimum Gasteiger partial charge on any atom is -0.404 e. The average molecular weight is 500 g/mol. The van der Waals surface area contributed by atoms with Crippen molar-refractivity contribution in [3.8, 4) is 0 Å². The van der Waals surface area contributed by atoms with Crippen molar-refractivity contribution in [2.75, 3.05) is 0 Å². The Morgan fingerprint density at radius 3 is 2.62 bits per heavy atom. The summed E-state index contributed by atoms with van der Waals surface area (Å²) in [7, 11) is 0. The minimum atomic E-state index is -0.791. The summed E-state index contributed by atoms with van der Waals surface area (Å²) in [5, 5.41) is 2.99. The van der Waals surface area contributed by atoms with Crippen LogP contribution in [0.1, 0.15) is 21.5 Å². The summed E-state index contributed by atoms with van der Waals surface area (Å²) in [6.07, 6.45) is 1.52. The van der Waals surface area contributed by atoms with Gasteiger partial charge in [0.1, 0.15) is 23.8 Å². The molecule has 6 nitrogen and oxygen atoms in total. The summed E-state index contributed by atoms with van der Waals surface area (Å²) in [6, 6.07) is 15.4. The van der Waals surface area contributed by atoms with Crippen molar-refractivity contribution in [1.29, 1.82) is 0 Å². The molecule has 32 heavy (non-hydrogen) atoms. The molecule has 0 unspecified atom stereocenters. The third-order valence-electron chi connectivity index (χ3n) is 4.67. The van der Waals surface area contributed by atoms with E-state index >= 15 is 0 Å². The first-order chi connectivity index (χ1) is 15.4. The van der Waals surface area contributed by atoms with E-state index < -0.39 is 23.1 Å². The number of nitrogens with one attached hydrogen (secondary N) is 1. The van der Waals surface area contributed by atoms with Gasteiger partial charge in [-0.15, -0.1) is 4.73 Å². The fourth-order valence-corrected chi connectivity index (χ4v) is 3.43. The fraction of sp³-hybridized carbons (Fsp3) is 0.0870. The molecule has 0 bridgehead atoms. The zero-order chi connectivity index (χ0) is 22.7. The summed E-state index contributed by atoms with van der Waals surface area (Å²) >= 11 is 3.32. The van der Waals surface area contributed by atoms with E-state index in [0.717, 1.165) is 22.4 Å². The molecule has 0 fully saturated rings. The lowest BCUT2D eigenvalue weighted by atomic mass is 10.1. The lowest BCUT2D eigenvalue weighted by Crippen LogP contribution is -2.36. The topological polar surface area (TPSA) is 73.2 Å². The molecule has 0 aliphatic rings. The third kappa shape index (κ3) is 4.67. The molecule has 2 heterocycles. The number of nitrogens with zero attached hydrogens (tertiary/aromatic N) is 2. The van der Waals surface area contributed by atoms with Crippen LogP contribution in [0.15, 0.2) is 76.1 Å². The number of aromatic nitrogens is 2. The Morgan fingerprint density at radius 1 is 1.09 bits per heavy atom. The van der Waals surface area contributed by atoms with Crippen LogP contribution in [-0.2, 0) is 13.2 Å². The zero-order valence-corrected chi connectivity index (χ0v) is 18.1. The number of carbonyl (C=O) groups is 1. The van der Waals surface area contributed by atoms with Crippen LogP contribution >= 0.6 is 15.9 Å². The number of hydrogen-bond donors (Lipinski definition) is 1. The van der Waals surface area contributed by atoms with Crippen LogP contribution < -0.4 is 15.7 Å². The molecule has 0 aliphatic carbocycles. The van der Waals surface area contributed by atoms with Crippen molar-refractivity contribution in [3.63, 3.8) is 0 Å². The van der Waals surface area contributed by atoms with Crippen LogP contribution in [0.2, 0.25) is 0 Å². The van der Waals surface area contributed by atoms with Gasteiger partial charge in [-0.1, -0.05) is 36.4 Å². The number of halogens is 3. The molecule has 0 radical (unpaired) electrons. The Hall–Kier alpha value is -3.59. The number of amides is 1. The van der Waals surface area contributed by atoms with Crippen molar-refractivity contribution in [2.24, 2.45) is 0 Å². The van der Waals surface area contributed by atoms with Crippen molar-refractivity contribution in [3.05, 3.63) is 110 Å². The van der Waals surface area contributed by atoms with Gasteiger partial charge in [0.25, 0.3) is 11.5 Å². The monoisotopic (exact) mass is 499 g/mol. The molecule has 0 atom stereocenters. The van der Waals surface area contributed by atoms with Gasteiger partial charge in [-0.2, -0.15) is 0 Å². The van der Waals surface area contributed by atoms with E-state index in [0.29, 0.717) is 9.86 Å². The van der Waals surface area contributed by atoms with E-state index in [1.165, 1.54) is 18.3 Å². The Labute approximate surface area is 189 Å². The normalized spacial score (nSPS) is 10.8. The Kier molecular flexibility index (Phi) is 6.27. The lowest BCUT2D eigenvalue weighted by Gasteiger charge is -2.13. The van der Waals surface area contributed by atoms with Gasteiger partial charge in [-0.05, 0) is 39.7 Å². The van der Waals surface area contributed by atoms with E-state index in [4.69, 9.17) is 4.84 Å². The van der Waals surface area contributed by atoms with Gasteiger partial charge >= 0.3 is 0 Å². The first-order valence-corrected chi connectivity index (χ1v) is 10.3. The highest BCUT2D eigenvalue weighted by molar-refractivity contribution is 9.10. The van der Waals surface area contributed by atoms with Gasteiger partial charge < -0.3 is 10.2 Å². The highest BCUT2D eigenvalue weighted by Crippen LogP contribution is 2.17. The fourth-order valence-electron chi connectivity index (χ4n) is 3.08. The SMILES string of the molecule is O=C(NCc1ccc(F)cc1F)c1cc2cc(Br)cnc2n(OCc2ccccc2)c1=O. The summed E-state index contributed by atoms with van der Waals surface area (Å²) < 4.78 is 28.6. The van der Waals surface area contributed by atoms with Gasteiger partial charge in [-0.25, -0.2) is 13.8 Å². The molecular formula is C23H16BrF2N3O3. The highest BCUT2D eigenvalue weighted by Gasteiger charge is 2.18. The standard InChI is InChI=1S/C23H16BrF2N3O3/c24-17-8-16-9-19(22(30)28-11-15-6-7-18(25)10-20(15)26)23(31)29(21(16)27-12-17)32-13-14-4-2-1-3-5-14/h1-10,12H,11,13H2,(H,28,30). The maximum absolute atomic E-state index is 13.9. The first-order valence-electron chi connectivity index (χ1n) is 9.53. The molecule has 2 aromatic heterocycles. The van der Waals surface area contributed by atoms with Gasteiger partial charge in [0.2, 0.25) is 0 Å². The number of hydrogen-bond acceptors (Lipinski definition) is 4. The van der Waals surface area contributed by atoms with Gasteiger partial charge in [0, 0.05) is 34.2 Å². The summed E-state index contributed by atoms with van der Waals surface area (Å²) in [6.45, 7) is -0.135. The predicted molar refractivity (Wildman–Crippen MR) is 118 cm³/mol. The second-order valence-electron chi connectivity index (χ2n) is 6.90. The number of pyridine rings is 2. The molecule has 1 N–H and O–H groups in total. The second-order valence-corrected chi connectivity index (χ2v) is 7.82. The van der Waals surface area contributed by atoms with Gasteiger partial charge in [0.15, 0.2) is 5.65 Å². The Bertz CT molecular complexity index is 1360. The summed E-state index contributed by atoms with van der Waals surface area (Å²) in [5.41, 5.74) is 0.250. The van der Waals surface area contributed by atoms with Crippen molar-refractivity contribution >= 4 is 32.9 Å². The van der Waals surface area contributed by atoms with Crippen LogP contribution in [0, 0.1) is 11.6 Å². The molecule has 0 saturated heterocycles. The van der Waals surface area contributed by atoms with Crippen LogP contribution in [0.25, 0.3) is 11.0 Å². The minimum absolute atomic E-state index is 0.0828. The summed E-state index contributed by atoms with van der Waals surface area (Å²) in [4.78, 5) is 35.8. The van der Waals surface area contributed by atoms with Gasteiger partial charge in [-0.3, -0.25) is 9.59 Å². The van der Waals surface area contributed by atoms with E-state index in [1.807, 2.05) is 30.3 Å². The predicted octanol–water partition coefficient (Wildman–Crippen LogP) is 4.00. The third-order valence-corrected chi connectivity index (χ3v) is 5.10. The number of benzene rings is 2. The van der Waals surface area contributed by atoms with Crippen LogP contribution in [0.4, 0.5) is 8.78 Å². The molecule has 1 amide bonds. The molecule has 0 saturated carbocycles. The molecule has 4 rings (SSSR count). The first kappa shape index (κ1) is 21.6. The molecule has 4 aromatic rings. The molecular weight excluding hydrogens is 484 g/mol. The number of fused-ring (bicyclic) bond motifs is 1. The van der Waals surface area contributed by atoms with E-state index in [1.54, 1.807) is 6.07 Å². The molecule has 2 aromatic carbocycles. The Balaban J connectivity index is 1.66. The second kappa shape index (κ2) is 9.27. The maximum Gasteiger partial charge on any atom is 0.297 e. The Morgan fingerprint density at radius 2 is 1.88 bits per heavy atom. The average Bonchev–Trinajstić information content (AvgIpc) is 2.78. The molecule has 9 heteroatoms. The van der Waals surface area contributed by atoms with Crippen LogP contribution in [0.3, 0.4) is 0 Å². The molecule has 0 aliphatic heterocycles. The van der Waals surface area contributed by atoms with Crippen LogP contribution in [-0.4, -0.2) is 15.6 Å². The van der Waals surface area contributed by atoms with Gasteiger partial charge in [0.05, 0.1) is 0 Å². The van der Waals surface area contributed by atoms with E-state index in [2.05, 4.69) is 26.2 Å². The highest BCUT2D eigenvalue weighted by atomic mass is 79.9. The largest absolute Gasteiger partial charge is 0.404 e. The van der Waals surface area contributed by atoms with E-state index in [-0.39, 0.29) is 29.9 Å². The molecule has 0 spiro atoms. The number of carbonyl (C=O) groups excluding carboxylic acids is 1. The van der Waals surface area contributed by atoms with E-state index in [9.17, 15) is 18.4 Å². The lowest BCUT2D eigenvalue weighted by molar-refractivity contribution is 0.0896. The van der Waals surface area contributed by atoms with Crippen LogP contribution in [0.5, 0.6) is 0 Å². The summed E-state index contributed by atoms with van der Waals surface area (Å²) in [5.74, 6) is -2.23. The van der Waals surface area contributed by atoms with Crippen molar-refractivity contribution < 1.29 is 18.4 Å².